The van der Waals surface area contributed by atoms with Gasteiger partial charge in [0.2, 0.25) is 0 Å². The Morgan fingerprint density at radius 1 is 1.19 bits per heavy atom. The number of Topliss-reactive ketones (excluding diaryl/α,β-unsaturated/α-hetero) is 1. The van der Waals surface area contributed by atoms with E-state index in [9.17, 15) is 4.79 Å². The number of carbonyl (C=O) groups excluding carboxylic acids is 1. The van der Waals surface area contributed by atoms with Crippen LogP contribution in [0.15, 0.2) is 30.3 Å². The normalized spacial score (nSPS) is 13.5. The zero-order chi connectivity index (χ0) is 12.2. The summed E-state index contributed by atoms with van der Waals surface area (Å²) in [6, 6.07) is 10.3. The first-order chi connectivity index (χ1) is 7.45. The average molecular weight is 218 g/mol. The van der Waals surface area contributed by atoms with E-state index in [1.807, 2.05) is 25.1 Å². The molecule has 0 aliphatic rings. The summed E-state index contributed by atoms with van der Waals surface area (Å²) in [6.45, 7) is 8.39. The van der Waals surface area contributed by atoms with Crippen LogP contribution in [0.5, 0.6) is 0 Å². The number of carbonyl (C=O) groups is 1. The Morgan fingerprint density at radius 2 is 1.75 bits per heavy atom. The second-order valence-electron chi connectivity index (χ2n) is 5.43. The van der Waals surface area contributed by atoms with Crippen molar-refractivity contribution in [2.24, 2.45) is 11.3 Å². The van der Waals surface area contributed by atoms with Crippen LogP contribution in [0, 0.1) is 11.3 Å². The van der Waals surface area contributed by atoms with E-state index in [1.54, 1.807) is 0 Å². The molecular formula is C15H22O. The first-order valence-corrected chi connectivity index (χ1v) is 6.01. The molecule has 0 bridgehead atoms. The summed E-state index contributed by atoms with van der Waals surface area (Å²) in [6.07, 6.45) is 1.49. The Hall–Kier alpha value is -1.11. The van der Waals surface area contributed by atoms with Crippen molar-refractivity contribution in [2.45, 2.75) is 40.5 Å². The van der Waals surface area contributed by atoms with E-state index in [0.717, 1.165) is 6.42 Å². The Kier molecular flexibility index (Phi) is 4.28. The predicted octanol–water partition coefficient (Wildman–Crippen LogP) is 3.87. The second-order valence-corrected chi connectivity index (χ2v) is 5.43. The predicted molar refractivity (Wildman–Crippen MR) is 68.4 cm³/mol. The molecule has 1 aromatic rings. The molecule has 0 aliphatic carbocycles. The minimum Gasteiger partial charge on any atom is -0.299 e. The number of rotatable bonds is 4. The van der Waals surface area contributed by atoms with Crippen molar-refractivity contribution in [1.29, 1.82) is 0 Å². The second kappa shape index (κ2) is 5.29. The van der Waals surface area contributed by atoms with E-state index in [1.165, 1.54) is 5.56 Å². The van der Waals surface area contributed by atoms with Crippen molar-refractivity contribution >= 4 is 5.78 Å². The van der Waals surface area contributed by atoms with Gasteiger partial charge >= 0.3 is 0 Å². The number of hydrogen-bond donors (Lipinski definition) is 0. The largest absolute Gasteiger partial charge is 0.299 e. The molecule has 0 heterocycles. The molecule has 1 nitrogen and oxygen atoms in total. The van der Waals surface area contributed by atoms with Gasteiger partial charge in [-0.05, 0) is 17.4 Å². The molecule has 0 fully saturated rings. The molecule has 88 valence electrons. The van der Waals surface area contributed by atoms with Crippen LogP contribution in [0.3, 0.4) is 0 Å². The minimum atomic E-state index is 0.0446. The van der Waals surface area contributed by atoms with Gasteiger partial charge in [0.25, 0.3) is 0 Å². The van der Waals surface area contributed by atoms with Crippen LogP contribution < -0.4 is 0 Å². The Balaban J connectivity index is 2.84. The van der Waals surface area contributed by atoms with Crippen LogP contribution >= 0.6 is 0 Å². The zero-order valence-electron chi connectivity index (χ0n) is 10.8. The summed E-state index contributed by atoms with van der Waals surface area (Å²) < 4.78 is 0. The molecule has 0 N–H and O–H groups in total. The summed E-state index contributed by atoms with van der Waals surface area (Å²) >= 11 is 0. The summed E-state index contributed by atoms with van der Waals surface area (Å²) in [5.41, 5.74) is 1.30. The van der Waals surface area contributed by atoms with E-state index in [2.05, 4.69) is 32.9 Å². The number of ketones is 1. The smallest absolute Gasteiger partial charge is 0.136 e. The van der Waals surface area contributed by atoms with Crippen molar-refractivity contribution < 1.29 is 4.79 Å². The van der Waals surface area contributed by atoms with Gasteiger partial charge in [-0.1, -0.05) is 58.0 Å². The van der Waals surface area contributed by atoms with Crippen molar-refractivity contribution in [3.8, 4) is 0 Å². The third kappa shape index (κ3) is 3.48. The maximum Gasteiger partial charge on any atom is 0.136 e. The fourth-order valence-electron chi connectivity index (χ4n) is 2.00. The van der Waals surface area contributed by atoms with Gasteiger partial charge in [0.1, 0.15) is 5.78 Å². The molecule has 1 atom stereocenters. The molecule has 1 rings (SSSR count). The van der Waals surface area contributed by atoms with Gasteiger partial charge in [0.05, 0.1) is 0 Å². The molecule has 0 amide bonds. The van der Waals surface area contributed by atoms with Crippen LogP contribution in [0.4, 0.5) is 0 Å². The molecule has 16 heavy (non-hydrogen) atoms. The van der Waals surface area contributed by atoms with Crippen LogP contribution in [0.1, 0.15) is 39.7 Å². The average Bonchev–Trinajstić information content (AvgIpc) is 2.25. The lowest BCUT2D eigenvalue weighted by atomic mass is 9.74. The maximum absolute atomic E-state index is 12.0. The molecule has 0 saturated heterocycles. The molecule has 0 aliphatic heterocycles. The van der Waals surface area contributed by atoms with E-state index in [0.29, 0.717) is 12.2 Å². The van der Waals surface area contributed by atoms with Crippen LogP contribution in [0.25, 0.3) is 0 Å². The van der Waals surface area contributed by atoms with E-state index >= 15 is 0 Å². The van der Waals surface area contributed by atoms with E-state index < -0.39 is 0 Å². The van der Waals surface area contributed by atoms with Crippen molar-refractivity contribution in [3.63, 3.8) is 0 Å². The van der Waals surface area contributed by atoms with E-state index in [4.69, 9.17) is 0 Å². The number of hydrogen-bond acceptors (Lipinski definition) is 1. The van der Waals surface area contributed by atoms with Crippen molar-refractivity contribution in [1.82, 2.24) is 0 Å². The highest BCUT2D eigenvalue weighted by Crippen LogP contribution is 2.30. The Bertz CT molecular complexity index is 332. The molecule has 0 radical (unpaired) electrons. The lowest BCUT2D eigenvalue weighted by Gasteiger charge is -2.29. The highest BCUT2D eigenvalue weighted by Gasteiger charge is 2.29. The van der Waals surface area contributed by atoms with Gasteiger partial charge in [-0.3, -0.25) is 4.79 Å². The molecule has 0 spiro atoms. The van der Waals surface area contributed by atoms with Crippen molar-refractivity contribution in [3.05, 3.63) is 35.9 Å². The molecule has 0 saturated carbocycles. The van der Waals surface area contributed by atoms with Gasteiger partial charge in [-0.25, -0.2) is 0 Å². The molecule has 0 aromatic heterocycles. The quantitative estimate of drug-likeness (QED) is 0.749. The first kappa shape index (κ1) is 13.0. The first-order valence-electron chi connectivity index (χ1n) is 6.01. The summed E-state index contributed by atoms with van der Waals surface area (Å²) in [5.74, 6) is 0.497. The summed E-state index contributed by atoms with van der Waals surface area (Å²) in [7, 11) is 0. The van der Waals surface area contributed by atoms with E-state index in [-0.39, 0.29) is 11.3 Å². The third-order valence-corrected chi connectivity index (χ3v) is 3.07. The Morgan fingerprint density at radius 3 is 2.19 bits per heavy atom. The van der Waals surface area contributed by atoms with Gasteiger partial charge in [-0.2, -0.15) is 0 Å². The molecule has 1 unspecified atom stereocenters. The highest BCUT2D eigenvalue weighted by atomic mass is 16.1. The fourth-order valence-corrected chi connectivity index (χ4v) is 2.00. The molecule has 1 heteroatoms. The summed E-state index contributed by atoms with van der Waals surface area (Å²) in [4.78, 5) is 12.0. The lowest BCUT2D eigenvalue weighted by molar-refractivity contribution is -0.125. The van der Waals surface area contributed by atoms with Gasteiger partial charge in [-0.15, -0.1) is 0 Å². The number of benzene rings is 1. The van der Waals surface area contributed by atoms with Crippen molar-refractivity contribution in [2.75, 3.05) is 0 Å². The standard InChI is InChI=1S/C15H22O/c1-5-14(16)13(15(2,3)4)11-12-9-7-6-8-10-12/h6-10,13H,5,11H2,1-4H3. The highest BCUT2D eigenvalue weighted by molar-refractivity contribution is 5.81. The van der Waals surface area contributed by atoms with Crippen LogP contribution in [-0.2, 0) is 11.2 Å². The lowest BCUT2D eigenvalue weighted by Crippen LogP contribution is -2.30. The molecule has 1 aromatic carbocycles. The summed E-state index contributed by atoms with van der Waals surface area (Å²) in [5, 5.41) is 0. The van der Waals surface area contributed by atoms with Gasteiger partial charge in [0.15, 0.2) is 0 Å². The monoisotopic (exact) mass is 218 g/mol. The van der Waals surface area contributed by atoms with Gasteiger partial charge < -0.3 is 0 Å². The van der Waals surface area contributed by atoms with Crippen LogP contribution in [0.2, 0.25) is 0 Å². The Labute approximate surface area is 98.9 Å². The topological polar surface area (TPSA) is 17.1 Å². The zero-order valence-corrected chi connectivity index (χ0v) is 10.8. The maximum atomic E-state index is 12.0. The minimum absolute atomic E-state index is 0.0446. The SMILES string of the molecule is CCC(=O)C(Cc1ccccc1)C(C)(C)C. The fraction of sp³-hybridized carbons (Fsp3) is 0.533. The van der Waals surface area contributed by atoms with Crippen LogP contribution in [-0.4, -0.2) is 5.78 Å². The molecular weight excluding hydrogens is 196 g/mol. The van der Waals surface area contributed by atoms with Gasteiger partial charge in [0, 0.05) is 12.3 Å². The third-order valence-electron chi connectivity index (χ3n) is 3.07.